The largest absolute Gasteiger partial charge is 0.494 e. The Labute approximate surface area is 155 Å². The van der Waals surface area contributed by atoms with Crippen molar-refractivity contribution in [3.8, 4) is 23.5 Å². The van der Waals surface area contributed by atoms with E-state index < -0.39 is 6.29 Å². The summed E-state index contributed by atoms with van der Waals surface area (Å²) in [5.74, 6) is -0.999. The van der Waals surface area contributed by atoms with Crippen LogP contribution in [-0.2, 0) is 11.3 Å². The maximum absolute atomic E-state index is 11.7. The van der Waals surface area contributed by atoms with Gasteiger partial charge in [0, 0.05) is 50.2 Å². The minimum atomic E-state index is -1.18. The molecule has 2 heterocycles. The Balaban J connectivity index is 1.53. The van der Waals surface area contributed by atoms with Crippen molar-refractivity contribution in [3.05, 3.63) is 24.3 Å². The van der Waals surface area contributed by atoms with Gasteiger partial charge in [-0.25, -0.2) is 0 Å². The molecule has 0 radical (unpaired) electrons. The number of nitrogens with one attached hydrogen (secondary N) is 1. The van der Waals surface area contributed by atoms with Crippen LogP contribution in [0, 0.1) is 0 Å². The average molecular weight is 383 g/mol. The summed E-state index contributed by atoms with van der Waals surface area (Å²) < 4.78 is 1.98. The molecule has 10 heteroatoms. The maximum Gasteiger partial charge on any atom is 0.229 e. The SMILES string of the molecule is O=C(CCn1c(O)ccc1O)NCCCCCC(O)On1c(O)ccc1O. The maximum atomic E-state index is 11.7. The molecule has 0 aliphatic heterocycles. The number of carbonyl (C=O) groups is 1. The number of amides is 1. The molecule has 0 saturated carbocycles. The lowest BCUT2D eigenvalue weighted by Gasteiger charge is -2.14. The number of aromatic hydroxyl groups is 4. The monoisotopic (exact) mass is 383 g/mol. The molecule has 27 heavy (non-hydrogen) atoms. The van der Waals surface area contributed by atoms with Gasteiger partial charge in [-0.3, -0.25) is 9.36 Å². The first-order valence-electron chi connectivity index (χ1n) is 8.67. The summed E-state index contributed by atoms with van der Waals surface area (Å²) >= 11 is 0. The van der Waals surface area contributed by atoms with Crippen LogP contribution >= 0.6 is 0 Å². The van der Waals surface area contributed by atoms with Crippen molar-refractivity contribution in [3.63, 3.8) is 0 Å². The van der Waals surface area contributed by atoms with E-state index in [2.05, 4.69) is 5.32 Å². The highest BCUT2D eigenvalue weighted by Crippen LogP contribution is 2.21. The van der Waals surface area contributed by atoms with Crippen molar-refractivity contribution in [2.75, 3.05) is 6.54 Å². The Morgan fingerprint density at radius 1 is 0.963 bits per heavy atom. The Hall–Kier alpha value is -3.01. The standard InChI is InChI=1S/C17H25N3O7/c21-12(9-11-19-13(22)5-6-14(19)23)18-10-3-1-2-4-17(26)27-20-15(24)7-8-16(20)25/h5-8,17,22-26H,1-4,9-11H2,(H,18,21). The molecule has 10 nitrogen and oxygen atoms in total. The number of hydrogen-bond acceptors (Lipinski definition) is 7. The van der Waals surface area contributed by atoms with Crippen LogP contribution in [0.5, 0.6) is 23.5 Å². The van der Waals surface area contributed by atoms with Gasteiger partial charge in [-0.15, -0.1) is 4.73 Å². The second-order valence-corrected chi connectivity index (χ2v) is 6.05. The van der Waals surface area contributed by atoms with E-state index in [0.29, 0.717) is 25.8 Å². The molecule has 2 rings (SSSR count). The summed E-state index contributed by atoms with van der Waals surface area (Å²) in [5.41, 5.74) is 0. The van der Waals surface area contributed by atoms with Gasteiger partial charge >= 0.3 is 0 Å². The third-order valence-electron chi connectivity index (χ3n) is 3.97. The van der Waals surface area contributed by atoms with Gasteiger partial charge in [0.2, 0.25) is 24.0 Å². The smallest absolute Gasteiger partial charge is 0.229 e. The molecule has 0 aromatic carbocycles. The summed E-state index contributed by atoms with van der Waals surface area (Å²) in [7, 11) is 0. The first kappa shape index (κ1) is 20.3. The van der Waals surface area contributed by atoms with Crippen LogP contribution in [0.3, 0.4) is 0 Å². The van der Waals surface area contributed by atoms with Crippen LogP contribution < -0.4 is 10.2 Å². The number of hydrogen-bond donors (Lipinski definition) is 6. The fourth-order valence-electron chi connectivity index (χ4n) is 2.51. The summed E-state index contributed by atoms with van der Waals surface area (Å²) in [6.45, 7) is 0.651. The highest BCUT2D eigenvalue weighted by atomic mass is 16.7. The van der Waals surface area contributed by atoms with Crippen molar-refractivity contribution >= 4 is 5.91 Å². The van der Waals surface area contributed by atoms with E-state index in [1.54, 1.807) is 0 Å². The van der Waals surface area contributed by atoms with Crippen LogP contribution in [0.2, 0.25) is 0 Å². The second kappa shape index (κ2) is 9.62. The number of nitrogens with zero attached hydrogens (tertiary/aromatic N) is 2. The van der Waals surface area contributed by atoms with E-state index in [0.717, 1.165) is 11.2 Å². The highest BCUT2D eigenvalue weighted by Gasteiger charge is 2.12. The first-order chi connectivity index (χ1) is 12.9. The number of unbranched alkanes of at least 4 members (excludes halogenated alkanes) is 2. The lowest BCUT2D eigenvalue weighted by Crippen LogP contribution is -2.26. The number of rotatable bonds is 11. The zero-order valence-corrected chi connectivity index (χ0v) is 14.8. The molecule has 0 fully saturated rings. The Morgan fingerprint density at radius 3 is 2.19 bits per heavy atom. The molecule has 2 aromatic heterocycles. The minimum absolute atomic E-state index is 0.0948. The van der Waals surface area contributed by atoms with Crippen molar-refractivity contribution in [1.29, 1.82) is 0 Å². The fraction of sp³-hybridized carbons (Fsp3) is 0.471. The summed E-state index contributed by atoms with van der Waals surface area (Å²) in [4.78, 5) is 16.8. The Bertz CT molecular complexity index is 702. The van der Waals surface area contributed by atoms with Crippen LogP contribution in [0.1, 0.15) is 32.1 Å². The topological polar surface area (TPSA) is 149 Å². The van der Waals surface area contributed by atoms with E-state index in [4.69, 9.17) is 4.84 Å². The predicted molar refractivity (Wildman–Crippen MR) is 94.2 cm³/mol. The number of carbonyl (C=O) groups excluding carboxylic acids is 1. The molecular formula is C17H25N3O7. The van der Waals surface area contributed by atoms with Gasteiger partial charge in [0.05, 0.1) is 0 Å². The molecule has 0 aliphatic rings. The molecule has 0 bridgehead atoms. The molecule has 6 N–H and O–H groups in total. The first-order valence-corrected chi connectivity index (χ1v) is 8.67. The summed E-state index contributed by atoms with van der Waals surface area (Å²) in [5, 5.41) is 50.3. The molecule has 0 spiro atoms. The van der Waals surface area contributed by atoms with Crippen molar-refractivity contribution in [1.82, 2.24) is 14.6 Å². The van der Waals surface area contributed by atoms with Crippen LogP contribution in [-0.4, -0.2) is 53.6 Å². The predicted octanol–water partition coefficient (Wildman–Crippen LogP) is 0.626. The van der Waals surface area contributed by atoms with Gasteiger partial charge in [0.1, 0.15) is 0 Å². The van der Waals surface area contributed by atoms with E-state index in [9.17, 15) is 30.3 Å². The van der Waals surface area contributed by atoms with E-state index in [1.807, 2.05) is 0 Å². The van der Waals surface area contributed by atoms with Gasteiger partial charge in [0.15, 0.2) is 11.8 Å². The van der Waals surface area contributed by atoms with Gasteiger partial charge in [0.25, 0.3) is 0 Å². The summed E-state index contributed by atoms with van der Waals surface area (Å²) in [6.07, 6.45) is 1.34. The van der Waals surface area contributed by atoms with Crippen LogP contribution in [0.15, 0.2) is 24.3 Å². The zero-order valence-electron chi connectivity index (χ0n) is 14.8. The second-order valence-electron chi connectivity index (χ2n) is 6.05. The van der Waals surface area contributed by atoms with E-state index in [1.165, 1.54) is 28.8 Å². The van der Waals surface area contributed by atoms with Gasteiger partial charge in [-0.05, 0) is 12.8 Å². The molecule has 1 atom stereocenters. The molecule has 1 amide bonds. The molecule has 2 aromatic rings. The quantitative estimate of drug-likeness (QED) is 0.246. The van der Waals surface area contributed by atoms with Crippen molar-refractivity contribution in [2.24, 2.45) is 0 Å². The Kier molecular flexibility index (Phi) is 7.24. The van der Waals surface area contributed by atoms with Gasteiger partial charge in [-0.2, -0.15) is 0 Å². The number of aliphatic hydroxyl groups excluding tert-OH is 1. The zero-order chi connectivity index (χ0) is 19.8. The van der Waals surface area contributed by atoms with Gasteiger partial charge in [-0.1, -0.05) is 6.42 Å². The third-order valence-corrected chi connectivity index (χ3v) is 3.97. The van der Waals surface area contributed by atoms with Crippen molar-refractivity contribution in [2.45, 2.75) is 44.9 Å². The summed E-state index contributed by atoms with van der Waals surface area (Å²) in [6, 6.07) is 5.18. The lowest BCUT2D eigenvalue weighted by atomic mass is 10.2. The third kappa shape index (κ3) is 6.03. The molecule has 0 saturated heterocycles. The average Bonchev–Trinajstić information content (AvgIpc) is 3.12. The minimum Gasteiger partial charge on any atom is -0.494 e. The fourth-order valence-corrected chi connectivity index (χ4v) is 2.51. The molecule has 150 valence electrons. The normalized spacial score (nSPS) is 12.0. The highest BCUT2D eigenvalue weighted by molar-refractivity contribution is 5.75. The molecular weight excluding hydrogens is 358 g/mol. The van der Waals surface area contributed by atoms with Gasteiger partial charge < -0.3 is 35.7 Å². The van der Waals surface area contributed by atoms with Crippen LogP contribution in [0.4, 0.5) is 0 Å². The van der Waals surface area contributed by atoms with Crippen molar-refractivity contribution < 1.29 is 35.2 Å². The van der Waals surface area contributed by atoms with E-state index in [-0.39, 0.29) is 42.4 Å². The molecule has 1 unspecified atom stereocenters. The molecule has 0 aliphatic carbocycles. The Morgan fingerprint density at radius 2 is 1.56 bits per heavy atom. The number of aromatic nitrogens is 2. The number of aliphatic hydroxyl groups is 1. The van der Waals surface area contributed by atoms with Crippen LogP contribution in [0.25, 0.3) is 0 Å². The van der Waals surface area contributed by atoms with E-state index >= 15 is 0 Å². The lowest BCUT2D eigenvalue weighted by molar-refractivity contribution is -0.121.